The first-order valence-electron chi connectivity index (χ1n) is 6.32. The summed E-state index contributed by atoms with van der Waals surface area (Å²) in [7, 11) is 1.66. The zero-order valence-corrected chi connectivity index (χ0v) is 11.0. The van der Waals surface area contributed by atoms with Crippen molar-refractivity contribution >= 4 is 0 Å². The molecule has 19 heavy (non-hydrogen) atoms. The molecule has 2 aromatic rings. The van der Waals surface area contributed by atoms with Crippen molar-refractivity contribution in [2.24, 2.45) is 0 Å². The van der Waals surface area contributed by atoms with Crippen LogP contribution < -0.4 is 9.47 Å². The van der Waals surface area contributed by atoms with E-state index in [1.807, 2.05) is 30.3 Å². The second kappa shape index (κ2) is 4.50. The molecule has 0 fully saturated rings. The van der Waals surface area contributed by atoms with Crippen LogP contribution >= 0.6 is 0 Å². The molecule has 0 saturated carbocycles. The number of methoxy groups -OCH3 is 1. The third kappa shape index (κ3) is 2.01. The number of hydrogen-bond donors (Lipinski definition) is 1. The van der Waals surface area contributed by atoms with Gasteiger partial charge in [0.15, 0.2) is 0 Å². The number of aromatic hydroxyl groups is 1. The van der Waals surface area contributed by atoms with Gasteiger partial charge in [0, 0.05) is 11.5 Å². The molecule has 0 amide bonds. The second-order valence-electron chi connectivity index (χ2n) is 4.82. The van der Waals surface area contributed by atoms with E-state index in [1.54, 1.807) is 19.2 Å². The first kappa shape index (κ1) is 11.9. The van der Waals surface area contributed by atoms with E-state index < -0.39 is 0 Å². The fraction of sp³-hybridized carbons (Fsp3) is 0.250. The monoisotopic (exact) mass is 256 g/mol. The number of rotatable bonds is 2. The Kier molecular flexibility index (Phi) is 2.82. The van der Waals surface area contributed by atoms with Gasteiger partial charge in [-0.1, -0.05) is 19.1 Å². The molecule has 1 aliphatic rings. The zero-order valence-electron chi connectivity index (χ0n) is 11.0. The number of phenolic OH excluding ortho intramolecular Hbond substituents is 1. The van der Waals surface area contributed by atoms with Crippen molar-refractivity contribution in [1.82, 2.24) is 0 Å². The van der Waals surface area contributed by atoms with E-state index in [0.717, 1.165) is 22.6 Å². The van der Waals surface area contributed by atoms with Crippen LogP contribution in [0.4, 0.5) is 0 Å². The lowest BCUT2D eigenvalue weighted by atomic mass is 9.93. The van der Waals surface area contributed by atoms with Crippen LogP contribution in [0.25, 0.3) is 0 Å². The van der Waals surface area contributed by atoms with Crippen LogP contribution in [0.2, 0.25) is 0 Å². The highest BCUT2D eigenvalue weighted by Gasteiger charge is 2.32. The Bertz CT molecular complexity index is 589. The number of ether oxygens (including phenoxy) is 2. The molecule has 0 spiro atoms. The van der Waals surface area contributed by atoms with Crippen molar-refractivity contribution < 1.29 is 14.6 Å². The molecule has 3 heteroatoms. The minimum atomic E-state index is -0.0114. The Labute approximate surface area is 112 Å². The molecular weight excluding hydrogens is 240 g/mol. The molecule has 1 aliphatic heterocycles. The van der Waals surface area contributed by atoms with Crippen molar-refractivity contribution in [2.45, 2.75) is 18.9 Å². The summed E-state index contributed by atoms with van der Waals surface area (Å²) in [5.41, 5.74) is 2.17. The van der Waals surface area contributed by atoms with Gasteiger partial charge in [-0.3, -0.25) is 0 Å². The van der Waals surface area contributed by atoms with E-state index in [2.05, 4.69) is 6.92 Å². The molecule has 1 heterocycles. The fourth-order valence-electron chi connectivity index (χ4n) is 2.55. The van der Waals surface area contributed by atoms with Gasteiger partial charge in [0.05, 0.1) is 7.11 Å². The molecule has 2 atom stereocenters. The second-order valence-corrected chi connectivity index (χ2v) is 4.82. The van der Waals surface area contributed by atoms with Crippen LogP contribution in [0.5, 0.6) is 17.2 Å². The summed E-state index contributed by atoms with van der Waals surface area (Å²) in [6, 6.07) is 13.2. The van der Waals surface area contributed by atoms with Crippen LogP contribution in [0.3, 0.4) is 0 Å². The maximum absolute atomic E-state index is 9.57. The number of hydrogen-bond acceptors (Lipinski definition) is 3. The van der Waals surface area contributed by atoms with Crippen molar-refractivity contribution in [3.05, 3.63) is 53.6 Å². The maximum Gasteiger partial charge on any atom is 0.130 e. The predicted molar refractivity (Wildman–Crippen MR) is 72.9 cm³/mol. The van der Waals surface area contributed by atoms with Crippen LogP contribution in [0, 0.1) is 0 Å². The van der Waals surface area contributed by atoms with Crippen LogP contribution in [-0.2, 0) is 0 Å². The molecule has 1 N–H and O–H groups in total. The lowest BCUT2D eigenvalue weighted by Gasteiger charge is -2.16. The molecule has 3 rings (SSSR count). The normalized spacial score (nSPS) is 20.7. The summed E-state index contributed by atoms with van der Waals surface area (Å²) in [6.45, 7) is 2.11. The molecule has 2 aromatic carbocycles. The highest BCUT2D eigenvalue weighted by Crippen LogP contribution is 2.46. The Morgan fingerprint density at radius 2 is 1.84 bits per heavy atom. The largest absolute Gasteiger partial charge is 0.508 e. The number of fused-ring (bicyclic) bond motifs is 1. The first-order chi connectivity index (χ1) is 9.19. The number of phenols is 1. The maximum atomic E-state index is 9.57. The van der Waals surface area contributed by atoms with Gasteiger partial charge in [-0.05, 0) is 35.9 Å². The van der Waals surface area contributed by atoms with Crippen LogP contribution in [0.1, 0.15) is 30.1 Å². The SMILES string of the molecule is COc1ccc([C@@H]2Oc3ccc(O)cc3C2C)cc1. The molecule has 0 radical (unpaired) electrons. The summed E-state index contributed by atoms with van der Waals surface area (Å²) in [5, 5.41) is 9.57. The minimum Gasteiger partial charge on any atom is -0.508 e. The van der Waals surface area contributed by atoms with Gasteiger partial charge in [0.25, 0.3) is 0 Å². The van der Waals surface area contributed by atoms with Gasteiger partial charge in [-0.25, -0.2) is 0 Å². The fourth-order valence-corrected chi connectivity index (χ4v) is 2.55. The standard InChI is InChI=1S/C16H16O3/c1-10-14-9-12(17)5-8-15(14)19-16(10)11-3-6-13(18-2)7-4-11/h3-10,16-17H,1-2H3/t10?,16-/m1/s1. The summed E-state index contributed by atoms with van der Waals surface area (Å²) < 4.78 is 11.1. The van der Waals surface area contributed by atoms with Crippen molar-refractivity contribution in [2.75, 3.05) is 7.11 Å². The van der Waals surface area contributed by atoms with E-state index in [9.17, 15) is 5.11 Å². The molecule has 1 unspecified atom stereocenters. The predicted octanol–water partition coefficient (Wildman–Crippen LogP) is 3.64. The number of benzene rings is 2. The minimum absolute atomic E-state index is 0.0114. The Hall–Kier alpha value is -2.16. The average Bonchev–Trinajstić information content (AvgIpc) is 2.76. The zero-order chi connectivity index (χ0) is 13.4. The van der Waals surface area contributed by atoms with Gasteiger partial charge in [0.2, 0.25) is 0 Å². The summed E-state index contributed by atoms with van der Waals surface area (Å²) in [4.78, 5) is 0. The lowest BCUT2D eigenvalue weighted by Crippen LogP contribution is -2.06. The highest BCUT2D eigenvalue weighted by atomic mass is 16.5. The molecule has 0 bridgehead atoms. The summed E-state index contributed by atoms with van der Waals surface area (Å²) in [5.74, 6) is 2.19. The van der Waals surface area contributed by atoms with Gasteiger partial charge >= 0.3 is 0 Å². The average molecular weight is 256 g/mol. The van der Waals surface area contributed by atoms with Gasteiger partial charge in [0.1, 0.15) is 23.4 Å². The highest BCUT2D eigenvalue weighted by molar-refractivity contribution is 5.47. The Balaban J connectivity index is 1.92. The van der Waals surface area contributed by atoms with E-state index >= 15 is 0 Å². The van der Waals surface area contributed by atoms with Crippen molar-refractivity contribution in [3.63, 3.8) is 0 Å². The molecule has 0 aromatic heterocycles. The lowest BCUT2D eigenvalue weighted by molar-refractivity contribution is 0.216. The van der Waals surface area contributed by atoms with Crippen LogP contribution in [0.15, 0.2) is 42.5 Å². The van der Waals surface area contributed by atoms with Gasteiger partial charge < -0.3 is 14.6 Å². The van der Waals surface area contributed by atoms with E-state index in [1.165, 1.54) is 0 Å². The van der Waals surface area contributed by atoms with E-state index in [0.29, 0.717) is 0 Å². The molecule has 98 valence electrons. The van der Waals surface area contributed by atoms with E-state index in [-0.39, 0.29) is 17.8 Å². The van der Waals surface area contributed by atoms with Gasteiger partial charge in [-0.15, -0.1) is 0 Å². The van der Waals surface area contributed by atoms with Gasteiger partial charge in [-0.2, -0.15) is 0 Å². The molecule has 0 saturated heterocycles. The van der Waals surface area contributed by atoms with E-state index in [4.69, 9.17) is 9.47 Å². The van der Waals surface area contributed by atoms with Crippen molar-refractivity contribution in [1.29, 1.82) is 0 Å². The molecule has 3 nitrogen and oxygen atoms in total. The first-order valence-corrected chi connectivity index (χ1v) is 6.32. The Morgan fingerprint density at radius 1 is 1.11 bits per heavy atom. The smallest absolute Gasteiger partial charge is 0.130 e. The third-order valence-corrected chi connectivity index (χ3v) is 3.64. The topological polar surface area (TPSA) is 38.7 Å². The molecular formula is C16H16O3. The summed E-state index contributed by atoms with van der Waals surface area (Å²) >= 11 is 0. The molecule has 0 aliphatic carbocycles. The summed E-state index contributed by atoms with van der Waals surface area (Å²) in [6.07, 6.45) is -0.0114. The van der Waals surface area contributed by atoms with Crippen molar-refractivity contribution in [3.8, 4) is 17.2 Å². The quantitative estimate of drug-likeness (QED) is 0.891. The third-order valence-electron chi connectivity index (χ3n) is 3.64. The Morgan fingerprint density at radius 3 is 2.53 bits per heavy atom. The van der Waals surface area contributed by atoms with Crippen LogP contribution in [-0.4, -0.2) is 12.2 Å².